The Hall–Kier alpha value is -1.33. The van der Waals surface area contributed by atoms with Crippen molar-refractivity contribution in [2.24, 2.45) is 0 Å². The van der Waals surface area contributed by atoms with E-state index in [0.717, 1.165) is 22.4 Å². The van der Waals surface area contributed by atoms with Gasteiger partial charge in [-0.3, -0.25) is 0 Å². The summed E-state index contributed by atoms with van der Waals surface area (Å²) in [6.07, 6.45) is 1.25. The van der Waals surface area contributed by atoms with E-state index in [1.54, 1.807) is 17.8 Å². The fourth-order valence-electron chi connectivity index (χ4n) is 1.71. The highest BCUT2D eigenvalue weighted by Gasteiger charge is 2.08. The summed E-state index contributed by atoms with van der Waals surface area (Å²) in [5.41, 5.74) is 2.18. The number of thioether (sulfide) groups is 1. The Morgan fingerprint density at radius 1 is 1.47 bits per heavy atom. The van der Waals surface area contributed by atoms with Crippen LogP contribution in [0.5, 0.6) is 5.75 Å². The quantitative estimate of drug-likeness (QED) is 0.395. The van der Waals surface area contributed by atoms with Crippen LogP contribution in [0.15, 0.2) is 24.4 Å². The molecule has 2 aromatic rings. The average molecular weight is 300 g/mol. The minimum atomic E-state index is -0.715. The summed E-state index contributed by atoms with van der Waals surface area (Å²) in [7, 11) is 1.28. The highest BCUT2D eigenvalue weighted by Crippen LogP contribution is 2.26. The van der Waals surface area contributed by atoms with Crippen molar-refractivity contribution >= 4 is 40.4 Å². The number of ether oxygens (including phenoxy) is 2. The van der Waals surface area contributed by atoms with E-state index in [2.05, 4.69) is 9.72 Å². The zero-order chi connectivity index (χ0) is 13.7. The highest BCUT2D eigenvalue weighted by atomic mass is 35.5. The minimum absolute atomic E-state index is 0.475. The number of hydrogen-bond donors (Lipinski definition) is 1. The second kappa shape index (κ2) is 6.73. The van der Waals surface area contributed by atoms with E-state index in [-0.39, 0.29) is 0 Å². The predicted molar refractivity (Wildman–Crippen MR) is 78.2 cm³/mol. The lowest BCUT2D eigenvalue weighted by Crippen LogP contribution is -2.06. The maximum absolute atomic E-state index is 11.1. The molecule has 2 rings (SSSR count). The molecule has 19 heavy (non-hydrogen) atoms. The van der Waals surface area contributed by atoms with Crippen LogP contribution in [-0.4, -0.2) is 29.9 Å². The topological polar surface area (TPSA) is 51.3 Å². The Morgan fingerprint density at radius 2 is 2.32 bits per heavy atom. The lowest BCUT2D eigenvalue weighted by Gasteiger charge is -2.03. The summed E-state index contributed by atoms with van der Waals surface area (Å²) in [4.78, 5) is 14.3. The number of methoxy groups -OCH3 is 1. The third-order valence-corrected chi connectivity index (χ3v) is 4.01. The number of alkyl halides is 1. The van der Waals surface area contributed by atoms with Gasteiger partial charge in [-0.05, 0) is 23.8 Å². The molecule has 102 valence electrons. The highest BCUT2D eigenvalue weighted by molar-refractivity contribution is 7.98. The van der Waals surface area contributed by atoms with Crippen LogP contribution in [0.25, 0.3) is 10.9 Å². The molecular weight excluding hydrogens is 286 g/mol. The number of aromatic nitrogens is 1. The molecular formula is C13H14ClNO3S. The Kier molecular flexibility index (Phi) is 4.99. The van der Waals surface area contributed by atoms with Gasteiger partial charge >= 0.3 is 6.16 Å². The second-order valence-corrected chi connectivity index (χ2v) is 5.30. The van der Waals surface area contributed by atoms with Gasteiger partial charge in [-0.15, -0.1) is 11.6 Å². The van der Waals surface area contributed by atoms with E-state index in [9.17, 15) is 4.79 Å². The second-order valence-electron chi connectivity index (χ2n) is 3.82. The summed E-state index contributed by atoms with van der Waals surface area (Å²) in [6, 6.07) is 5.44. The van der Waals surface area contributed by atoms with Crippen molar-refractivity contribution in [2.45, 2.75) is 5.75 Å². The summed E-state index contributed by atoms with van der Waals surface area (Å²) < 4.78 is 9.49. The monoisotopic (exact) mass is 299 g/mol. The number of fused-ring (bicyclic) bond motifs is 1. The molecule has 0 saturated heterocycles. The number of rotatable bonds is 5. The van der Waals surface area contributed by atoms with Crippen molar-refractivity contribution in [1.82, 2.24) is 4.98 Å². The molecule has 1 aromatic carbocycles. The van der Waals surface area contributed by atoms with Gasteiger partial charge in [0.2, 0.25) is 0 Å². The summed E-state index contributed by atoms with van der Waals surface area (Å²) >= 11 is 7.42. The molecule has 1 heterocycles. The van der Waals surface area contributed by atoms with Crippen LogP contribution in [0.1, 0.15) is 5.56 Å². The maximum Gasteiger partial charge on any atom is 0.513 e. The molecule has 0 aliphatic rings. The first-order valence-corrected chi connectivity index (χ1v) is 7.43. The fourth-order valence-corrected chi connectivity index (χ4v) is 2.75. The third-order valence-electron chi connectivity index (χ3n) is 2.59. The first-order valence-electron chi connectivity index (χ1n) is 5.74. The molecule has 0 saturated carbocycles. The van der Waals surface area contributed by atoms with Crippen LogP contribution in [-0.2, 0) is 10.5 Å². The molecule has 0 bridgehead atoms. The van der Waals surface area contributed by atoms with Gasteiger partial charge in [0.05, 0.1) is 7.11 Å². The van der Waals surface area contributed by atoms with E-state index in [4.69, 9.17) is 16.3 Å². The molecule has 0 fully saturated rings. The van der Waals surface area contributed by atoms with Gasteiger partial charge in [-0.2, -0.15) is 11.8 Å². The van der Waals surface area contributed by atoms with Crippen molar-refractivity contribution in [3.8, 4) is 5.75 Å². The number of carbonyl (C=O) groups is 1. The summed E-state index contributed by atoms with van der Waals surface area (Å²) in [5.74, 6) is 2.90. The van der Waals surface area contributed by atoms with Gasteiger partial charge in [-0.1, -0.05) is 0 Å². The van der Waals surface area contributed by atoms with Crippen LogP contribution in [0.2, 0.25) is 0 Å². The number of benzene rings is 1. The Balaban J connectivity index is 2.19. The Labute approximate surface area is 120 Å². The van der Waals surface area contributed by atoms with Crippen molar-refractivity contribution in [2.75, 3.05) is 18.7 Å². The van der Waals surface area contributed by atoms with Crippen LogP contribution < -0.4 is 4.74 Å². The number of halogens is 1. The van der Waals surface area contributed by atoms with Crippen molar-refractivity contribution < 1.29 is 14.3 Å². The molecule has 0 amide bonds. The number of aromatic amines is 1. The largest absolute Gasteiger partial charge is 0.513 e. The fraction of sp³-hybridized carbons (Fsp3) is 0.308. The zero-order valence-electron chi connectivity index (χ0n) is 10.4. The smallest absolute Gasteiger partial charge is 0.437 e. The van der Waals surface area contributed by atoms with Crippen LogP contribution >= 0.6 is 23.4 Å². The molecule has 6 heteroatoms. The van der Waals surface area contributed by atoms with Gasteiger partial charge in [-0.25, -0.2) is 4.79 Å². The van der Waals surface area contributed by atoms with Gasteiger partial charge in [0.25, 0.3) is 0 Å². The lowest BCUT2D eigenvalue weighted by atomic mass is 10.2. The molecule has 0 spiro atoms. The van der Waals surface area contributed by atoms with Crippen LogP contribution in [0.4, 0.5) is 4.79 Å². The van der Waals surface area contributed by atoms with E-state index >= 15 is 0 Å². The zero-order valence-corrected chi connectivity index (χ0v) is 12.0. The predicted octanol–water partition coefficient (Wildman–Crippen LogP) is 3.79. The lowest BCUT2D eigenvalue weighted by molar-refractivity contribution is 0.121. The van der Waals surface area contributed by atoms with Crippen molar-refractivity contribution in [1.29, 1.82) is 0 Å². The standard InChI is InChI=1S/C13H14ClNO3S/c1-17-13(16)18-10-2-3-12-11(6-10)9(7-15-12)8-19-5-4-14/h2-3,6-7,15H,4-5,8H2,1H3. The molecule has 1 N–H and O–H groups in total. The molecule has 0 radical (unpaired) electrons. The van der Waals surface area contributed by atoms with Gasteiger partial charge < -0.3 is 14.5 Å². The Bertz CT molecular complexity index is 570. The average Bonchev–Trinajstić information content (AvgIpc) is 2.82. The first kappa shape index (κ1) is 14.1. The van der Waals surface area contributed by atoms with Gasteiger partial charge in [0.15, 0.2) is 0 Å². The molecule has 0 aliphatic carbocycles. The molecule has 0 unspecified atom stereocenters. The van der Waals surface area contributed by atoms with E-state index in [0.29, 0.717) is 11.6 Å². The summed E-state index contributed by atoms with van der Waals surface area (Å²) in [5, 5.41) is 1.04. The Morgan fingerprint density at radius 3 is 3.05 bits per heavy atom. The third kappa shape index (κ3) is 3.58. The SMILES string of the molecule is COC(=O)Oc1ccc2[nH]cc(CSCCCl)c2c1. The van der Waals surface area contributed by atoms with Gasteiger partial charge in [0, 0.05) is 34.5 Å². The number of H-pyrrole nitrogens is 1. The number of hydrogen-bond acceptors (Lipinski definition) is 4. The molecule has 1 aromatic heterocycles. The minimum Gasteiger partial charge on any atom is -0.437 e. The summed E-state index contributed by atoms with van der Waals surface area (Å²) in [6.45, 7) is 0. The molecule has 4 nitrogen and oxygen atoms in total. The van der Waals surface area contributed by atoms with E-state index < -0.39 is 6.16 Å². The van der Waals surface area contributed by atoms with E-state index in [1.807, 2.05) is 18.3 Å². The van der Waals surface area contributed by atoms with Crippen molar-refractivity contribution in [3.63, 3.8) is 0 Å². The van der Waals surface area contributed by atoms with E-state index in [1.165, 1.54) is 12.7 Å². The van der Waals surface area contributed by atoms with Crippen molar-refractivity contribution in [3.05, 3.63) is 30.0 Å². The number of carbonyl (C=O) groups excluding carboxylic acids is 1. The molecule has 0 aliphatic heterocycles. The number of nitrogens with one attached hydrogen (secondary N) is 1. The van der Waals surface area contributed by atoms with Gasteiger partial charge in [0.1, 0.15) is 5.75 Å². The normalized spacial score (nSPS) is 10.6. The molecule has 0 atom stereocenters. The van der Waals surface area contributed by atoms with Crippen LogP contribution in [0, 0.1) is 0 Å². The first-order chi connectivity index (χ1) is 9.24. The van der Waals surface area contributed by atoms with Crippen LogP contribution in [0.3, 0.4) is 0 Å². The maximum atomic E-state index is 11.1.